The van der Waals surface area contributed by atoms with E-state index in [-0.39, 0.29) is 17.3 Å². The molecule has 2 fully saturated rings. The normalized spacial score (nSPS) is 24.1. The zero-order valence-corrected chi connectivity index (χ0v) is 23.0. The molecule has 2 aliphatic heterocycles. The number of ether oxygens (including phenoxy) is 1. The number of nitrogens with zero attached hydrogens (tertiary/aromatic N) is 7. The van der Waals surface area contributed by atoms with Gasteiger partial charge in [-0.1, -0.05) is 25.9 Å². The first-order chi connectivity index (χ1) is 17.9. The lowest BCUT2D eigenvalue weighted by atomic mass is 9.93. The first kappa shape index (κ1) is 30.2. The fraction of sp³-hybridized carbons (Fsp3) is 0.652. The highest BCUT2D eigenvalue weighted by molar-refractivity contribution is 5.94. The molecule has 2 N–H and O–H groups in total. The molecule has 4 unspecified atom stereocenters. The fourth-order valence-corrected chi connectivity index (χ4v) is 4.00. The number of hydrogen-bond donors (Lipinski definition) is 2. The van der Waals surface area contributed by atoms with Crippen molar-refractivity contribution < 1.29 is 42.2 Å². The molecule has 4 heterocycles. The van der Waals surface area contributed by atoms with Crippen LogP contribution in [0.5, 0.6) is 0 Å². The van der Waals surface area contributed by atoms with Crippen LogP contribution >= 0.6 is 0 Å². The lowest BCUT2D eigenvalue weighted by Crippen LogP contribution is -2.38. The third-order valence-corrected chi connectivity index (χ3v) is 6.45. The minimum Gasteiger partial charge on any atom is -0.371 e. The number of carbonyl (C=O) groups excluding carboxylic acids is 2. The molecule has 16 heteroatoms. The minimum atomic E-state index is -4.56. The molecule has 0 aliphatic carbocycles. The second kappa shape index (κ2) is 10.7. The molecule has 0 radical (unpaired) electrons. The lowest BCUT2D eigenvalue weighted by Gasteiger charge is -2.20. The number of halogens is 3. The highest BCUT2D eigenvalue weighted by Crippen LogP contribution is 2.34. The molecule has 13 nitrogen and oxygen atoms in total. The van der Waals surface area contributed by atoms with E-state index >= 15 is 0 Å². The Morgan fingerprint density at radius 1 is 0.974 bits per heavy atom. The third kappa shape index (κ3) is 5.67. The van der Waals surface area contributed by atoms with Crippen molar-refractivity contribution in [3.05, 3.63) is 23.6 Å². The number of aliphatic hydroxyl groups is 2. The standard InChI is InChI=1S/C13H21N3O4.C10H13F3N4O2/c1-6-19-11-10(17)16(12(18)15(11)5)9-7-8(20-14-9)13(2,3)4;1-5-8(18)17(9(19)15(5)2)7-4-6(10(11,12)13)16(3)14-7/h7,10-11,17H,6H2,1-5H3;4-5,8,18H,1-3H3. The van der Waals surface area contributed by atoms with E-state index in [0.29, 0.717) is 22.9 Å². The molecule has 39 heavy (non-hydrogen) atoms. The van der Waals surface area contributed by atoms with Crippen molar-refractivity contribution in [3.8, 4) is 0 Å². The van der Waals surface area contributed by atoms with Gasteiger partial charge < -0.3 is 24.4 Å². The fourth-order valence-electron chi connectivity index (χ4n) is 4.00. The molecule has 2 aliphatic rings. The van der Waals surface area contributed by atoms with Gasteiger partial charge >= 0.3 is 18.2 Å². The van der Waals surface area contributed by atoms with Gasteiger partial charge in [0.05, 0.1) is 6.04 Å². The highest BCUT2D eigenvalue weighted by Gasteiger charge is 2.46. The predicted molar refractivity (Wildman–Crippen MR) is 132 cm³/mol. The minimum absolute atomic E-state index is 0.218. The molecule has 2 aromatic heterocycles. The van der Waals surface area contributed by atoms with Gasteiger partial charge in [0.15, 0.2) is 30.3 Å². The summed E-state index contributed by atoms with van der Waals surface area (Å²) in [6.45, 7) is 9.74. The maximum Gasteiger partial charge on any atom is 0.433 e. The quantitative estimate of drug-likeness (QED) is 0.581. The molecular weight excluding hydrogens is 527 g/mol. The number of rotatable bonds is 4. The lowest BCUT2D eigenvalue weighted by molar-refractivity contribution is -0.143. The SMILES string of the molecule is CC1C(O)N(c2cc(C(F)(F)F)n(C)n2)C(=O)N1C.CCOC1C(O)N(c2cc(C(C)(C)C)on2)C(=O)N1C. The Kier molecular flexibility index (Phi) is 8.24. The van der Waals surface area contributed by atoms with Crippen LogP contribution in [0.15, 0.2) is 16.7 Å². The first-order valence-corrected chi connectivity index (χ1v) is 12.1. The van der Waals surface area contributed by atoms with Gasteiger partial charge in [-0.15, -0.1) is 0 Å². The van der Waals surface area contributed by atoms with E-state index in [0.717, 1.165) is 18.0 Å². The molecule has 0 bridgehead atoms. The summed E-state index contributed by atoms with van der Waals surface area (Å²) in [6, 6.07) is 0.927. The molecule has 0 aromatic carbocycles. The smallest absolute Gasteiger partial charge is 0.371 e. The van der Waals surface area contributed by atoms with Crippen LogP contribution in [0.2, 0.25) is 0 Å². The molecule has 0 spiro atoms. The number of aryl methyl sites for hydroxylation is 1. The van der Waals surface area contributed by atoms with Crippen molar-refractivity contribution in [3.63, 3.8) is 0 Å². The highest BCUT2D eigenvalue weighted by atomic mass is 19.4. The van der Waals surface area contributed by atoms with Crippen molar-refractivity contribution in [2.24, 2.45) is 7.05 Å². The van der Waals surface area contributed by atoms with Crippen LogP contribution < -0.4 is 9.80 Å². The number of anilines is 2. The molecular formula is C23H34F3N7O6. The number of amides is 4. The van der Waals surface area contributed by atoms with Gasteiger partial charge in [0.2, 0.25) is 0 Å². The molecule has 4 rings (SSSR count). The summed E-state index contributed by atoms with van der Waals surface area (Å²) in [7, 11) is 4.17. The largest absolute Gasteiger partial charge is 0.433 e. The Hall–Kier alpha value is -3.37. The van der Waals surface area contributed by atoms with Crippen molar-refractivity contribution in [1.82, 2.24) is 24.7 Å². The summed E-state index contributed by atoms with van der Waals surface area (Å²) >= 11 is 0. The molecule has 2 aromatic rings. The summed E-state index contributed by atoms with van der Waals surface area (Å²) < 4.78 is 49.2. The molecule has 0 saturated carbocycles. The zero-order chi connectivity index (χ0) is 29.6. The maximum atomic E-state index is 12.7. The maximum absolute atomic E-state index is 12.7. The average Bonchev–Trinajstić information content (AvgIpc) is 3.56. The number of hydrogen-bond acceptors (Lipinski definition) is 8. The summed E-state index contributed by atoms with van der Waals surface area (Å²) in [4.78, 5) is 28.7. The van der Waals surface area contributed by atoms with Crippen LogP contribution in [-0.2, 0) is 23.4 Å². The Morgan fingerprint density at radius 3 is 1.97 bits per heavy atom. The topological polar surface area (TPSA) is 141 Å². The van der Waals surface area contributed by atoms with Crippen LogP contribution in [0.25, 0.3) is 0 Å². The van der Waals surface area contributed by atoms with Crippen LogP contribution in [0.4, 0.5) is 34.4 Å². The second-order valence-electron chi connectivity index (χ2n) is 10.2. The van der Waals surface area contributed by atoms with Crippen molar-refractivity contribution in [2.75, 3.05) is 30.5 Å². The van der Waals surface area contributed by atoms with E-state index in [1.165, 1.54) is 21.7 Å². The number of carbonyl (C=O) groups is 2. The van der Waals surface area contributed by atoms with Crippen molar-refractivity contribution >= 4 is 23.7 Å². The third-order valence-electron chi connectivity index (χ3n) is 6.45. The summed E-state index contributed by atoms with van der Waals surface area (Å²) in [5.74, 6) is 0.722. The zero-order valence-electron chi connectivity index (χ0n) is 23.0. The van der Waals surface area contributed by atoms with Gasteiger partial charge in [-0.05, 0) is 13.8 Å². The van der Waals surface area contributed by atoms with Gasteiger partial charge in [-0.25, -0.2) is 19.4 Å². The van der Waals surface area contributed by atoms with Crippen molar-refractivity contribution in [1.29, 1.82) is 0 Å². The number of aliphatic hydroxyl groups excluding tert-OH is 2. The van der Waals surface area contributed by atoms with E-state index in [2.05, 4.69) is 10.3 Å². The Bertz CT molecular complexity index is 1190. The monoisotopic (exact) mass is 561 g/mol. The van der Waals surface area contributed by atoms with Gasteiger partial charge in [-0.2, -0.15) is 18.3 Å². The summed E-state index contributed by atoms with van der Waals surface area (Å²) in [6.07, 6.45) is -7.60. The summed E-state index contributed by atoms with van der Waals surface area (Å²) in [5, 5.41) is 27.7. The van der Waals surface area contributed by atoms with E-state index in [1.807, 2.05) is 27.7 Å². The number of urea groups is 2. The molecule has 2 saturated heterocycles. The van der Waals surface area contributed by atoms with Gasteiger partial charge in [-0.3, -0.25) is 9.58 Å². The van der Waals surface area contributed by atoms with Crippen molar-refractivity contribution in [2.45, 2.75) is 70.9 Å². The Labute approximate surface area is 223 Å². The van der Waals surface area contributed by atoms with E-state index in [4.69, 9.17) is 9.26 Å². The van der Waals surface area contributed by atoms with Crippen LogP contribution in [0, 0.1) is 0 Å². The van der Waals surface area contributed by atoms with Gasteiger partial charge in [0.25, 0.3) is 0 Å². The van der Waals surface area contributed by atoms with Gasteiger partial charge in [0, 0.05) is 45.3 Å². The molecule has 218 valence electrons. The predicted octanol–water partition coefficient (Wildman–Crippen LogP) is 2.54. The Morgan fingerprint density at radius 2 is 1.54 bits per heavy atom. The van der Waals surface area contributed by atoms with Gasteiger partial charge in [0.1, 0.15) is 11.5 Å². The van der Waals surface area contributed by atoms with Crippen LogP contribution in [0.1, 0.15) is 46.1 Å². The number of alkyl halides is 3. The van der Waals surface area contributed by atoms with E-state index < -0.39 is 42.6 Å². The summed E-state index contributed by atoms with van der Waals surface area (Å²) in [5.41, 5.74) is -1.20. The average molecular weight is 562 g/mol. The van der Waals surface area contributed by atoms with E-state index in [9.17, 15) is 33.0 Å². The second-order valence-corrected chi connectivity index (χ2v) is 10.2. The number of aromatic nitrogens is 3. The molecule has 4 amide bonds. The first-order valence-electron chi connectivity index (χ1n) is 12.1. The Balaban J connectivity index is 0.000000216. The van der Waals surface area contributed by atoms with E-state index in [1.54, 1.807) is 20.0 Å². The molecule has 4 atom stereocenters. The number of likely N-dealkylation sites (N-methyl/N-ethyl adjacent to an activating group) is 2. The van der Waals surface area contributed by atoms with Crippen LogP contribution in [-0.4, -0.2) is 92.4 Å². The van der Waals surface area contributed by atoms with Crippen LogP contribution in [0.3, 0.4) is 0 Å².